The molecule has 114 valence electrons. The van der Waals surface area contributed by atoms with Gasteiger partial charge in [0.1, 0.15) is 0 Å². The zero-order valence-corrected chi connectivity index (χ0v) is 15.0. The number of hydrogen-bond donors (Lipinski definition) is 0. The summed E-state index contributed by atoms with van der Waals surface area (Å²) < 4.78 is 5.91. The fourth-order valence-corrected chi connectivity index (χ4v) is 3.51. The summed E-state index contributed by atoms with van der Waals surface area (Å²) in [5.74, 6) is 0.733. The molecule has 0 aromatic heterocycles. The van der Waals surface area contributed by atoms with Gasteiger partial charge in [0.2, 0.25) is 0 Å². The molecule has 2 heteroatoms. The standard InChI is InChI=1S/C18H32OSi/c1-6-8-9-16(7-2)14-19-15-17-10-12-18(13-11-17)20(3,4)5/h10-13,16H,6-9,14-15H2,1-5H3. The van der Waals surface area contributed by atoms with E-state index in [1.54, 1.807) is 0 Å². The van der Waals surface area contributed by atoms with E-state index in [1.807, 2.05) is 0 Å². The SMILES string of the molecule is CCCCC(CC)COCc1ccc([Si](C)(C)C)cc1. The minimum absolute atomic E-state index is 0.733. The van der Waals surface area contributed by atoms with Crippen LogP contribution in [-0.4, -0.2) is 14.7 Å². The van der Waals surface area contributed by atoms with E-state index in [0.29, 0.717) is 0 Å². The predicted molar refractivity (Wildman–Crippen MR) is 92.4 cm³/mol. The van der Waals surface area contributed by atoms with Crippen molar-refractivity contribution in [2.24, 2.45) is 5.92 Å². The quantitative estimate of drug-likeness (QED) is 0.584. The molecule has 0 fully saturated rings. The fourth-order valence-electron chi connectivity index (χ4n) is 2.34. The Morgan fingerprint density at radius 1 is 1.05 bits per heavy atom. The molecule has 1 atom stereocenters. The first-order chi connectivity index (χ1) is 9.47. The highest BCUT2D eigenvalue weighted by molar-refractivity contribution is 6.88. The number of rotatable bonds is 9. The number of benzene rings is 1. The highest BCUT2D eigenvalue weighted by Crippen LogP contribution is 2.14. The van der Waals surface area contributed by atoms with E-state index in [0.717, 1.165) is 19.1 Å². The monoisotopic (exact) mass is 292 g/mol. The first-order valence-electron chi connectivity index (χ1n) is 8.14. The molecule has 0 amide bonds. The van der Waals surface area contributed by atoms with Crippen molar-refractivity contribution in [3.63, 3.8) is 0 Å². The summed E-state index contributed by atoms with van der Waals surface area (Å²) in [5, 5.41) is 1.52. The summed E-state index contributed by atoms with van der Waals surface area (Å²) in [6, 6.07) is 9.06. The van der Waals surface area contributed by atoms with E-state index in [9.17, 15) is 0 Å². The molecule has 20 heavy (non-hydrogen) atoms. The highest BCUT2D eigenvalue weighted by Gasteiger charge is 2.15. The Morgan fingerprint density at radius 3 is 2.20 bits per heavy atom. The lowest BCUT2D eigenvalue weighted by molar-refractivity contribution is 0.0820. The van der Waals surface area contributed by atoms with Crippen LogP contribution in [0.15, 0.2) is 24.3 Å². The van der Waals surface area contributed by atoms with Gasteiger partial charge in [-0.3, -0.25) is 0 Å². The fraction of sp³-hybridized carbons (Fsp3) is 0.667. The van der Waals surface area contributed by atoms with E-state index >= 15 is 0 Å². The minimum atomic E-state index is -1.17. The molecule has 1 aromatic carbocycles. The predicted octanol–water partition coefficient (Wildman–Crippen LogP) is 4.96. The van der Waals surface area contributed by atoms with Gasteiger partial charge in [0, 0.05) is 6.61 Å². The van der Waals surface area contributed by atoms with Crippen molar-refractivity contribution >= 4 is 13.3 Å². The Morgan fingerprint density at radius 2 is 1.70 bits per heavy atom. The Labute approximate surface area is 126 Å². The first-order valence-corrected chi connectivity index (χ1v) is 11.6. The van der Waals surface area contributed by atoms with E-state index in [2.05, 4.69) is 57.8 Å². The lowest BCUT2D eigenvalue weighted by Crippen LogP contribution is -2.37. The van der Waals surface area contributed by atoms with Gasteiger partial charge in [-0.05, 0) is 17.9 Å². The van der Waals surface area contributed by atoms with E-state index in [4.69, 9.17) is 4.74 Å². The molecular weight excluding hydrogens is 260 g/mol. The molecule has 0 saturated carbocycles. The maximum atomic E-state index is 5.91. The molecule has 1 unspecified atom stereocenters. The third kappa shape index (κ3) is 6.23. The van der Waals surface area contributed by atoms with Crippen LogP contribution >= 0.6 is 0 Å². The van der Waals surface area contributed by atoms with Gasteiger partial charge in [-0.2, -0.15) is 0 Å². The molecule has 1 nitrogen and oxygen atoms in total. The summed E-state index contributed by atoms with van der Waals surface area (Å²) in [4.78, 5) is 0. The number of hydrogen-bond acceptors (Lipinski definition) is 1. The Kier molecular flexibility index (Phi) is 7.53. The van der Waals surface area contributed by atoms with Gasteiger partial charge in [0.25, 0.3) is 0 Å². The minimum Gasteiger partial charge on any atom is -0.376 e. The van der Waals surface area contributed by atoms with Gasteiger partial charge < -0.3 is 4.74 Å². The van der Waals surface area contributed by atoms with Gasteiger partial charge in [-0.1, -0.05) is 82.2 Å². The summed E-state index contributed by atoms with van der Waals surface area (Å²) >= 11 is 0. The van der Waals surface area contributed by atoms with Crippen molar-refractivity contribution in [3.8, 4) is 0 Å². The summed E-state index contributed by atoms with van der Waals surface area (Å²) in [6.07, 6.45) is 5.15. The molecule has 0 aliphatic rings. The second-order valence-electron chi connectivity index (χ2n) is 6.88. The van der Waals surface area contributed by atoms with Crippen LogP contribution < -0.4 is 5.19 Å². The van der Waals surface area contributed by atoms with Gasteiger partial charge in [-0.15, -0.1) is 0 Å². The van der Waals surface area contributed by atoms with Crippen molar-refractivity contribution in [3.05, 3.63) is 29.8 Å². The molecular formula is C18H32OSi. The van der Waals surface area contributed by atoms with Gasteiger partial charge >= 0.3 is 0 Å². The maximum Gasteiger partial charge on any atom is 0.0775 e. The summed E-state index contributed by atoms with van der Waals surface area (Å²) in [5.41, 5.74) is 1.30. The van der Waals surface area contributed by atoms with Gasteiger partial charge in [0.05, 0.1) is 14.7 Å². The largest absolute Gasteiger partial charge is 0.376 e. The van der Waals surface area contributed by atoms with Crippen LogP contribution in [0.2, 0.25) is 19.6 Å². The Balaban J connectivity index is 2.38. The van der Waals surface area contributed by atoms with Crippen LogP contribution in [0.4, 0.5) is 0 Å². The van der Waals surface area contributed by atoms with Crippen LogP contribution in [-0.2, 0) is 11.3 Å². The van der Waals surface area contributed by atoms with Crippen LogP contribution in [0.25, 0.3) is 0 Å². The van der Waals surface area contributed by atoms with Crippen LogP contribution in [0.1, 0.15) is 45.1 Å². The average molecular weight is 293 g/mol. The lowest BCUT2D eigenvalue weighted by Gasteiger charge is -2.17. The van der Waals surface area contributed by atoms with Crippen molar-refractivity contribution in [2.45, 2.75) is 65.8 Å². The lowest BCUT2D eigenvalue weighted by atomic mass is 10.0. The topological polar surface area (TPSA) is 9.23 Å². The average Bonchev–Trinajstić information content (AvgIpc) is 2.42. The smallest absolute Gasteiger partial charge is 0.0775 e. The van der Waals surface area contributed by atoms with E-state index in [-0.39, 0.29) is 0 Å². The Bertz CT molecular complexity index is 364. The van der Waals surface area contributed by atoms with E-state index in [1.165, 1.54) is 36.4 Å². The van der Waals surface area contributed by atoms with Crippen molar-refractivity contribution in [2.75, 3.05) is 6.61 Å². The molecule has 0 spiro atoms. The van der Waals surface area contributed by atoms with Crippen LogP contribution in [0.3, 0.4) is 0 Å². The molecule has 1 rings (SSSR count). The maximum absolute atomic E-state index is 5.91. The molecule has 0 bridgehead atoms. The van der Waals surface area contributed by atoms with Crippen molar-refractivity contribution in [1.82, 2.24) is 0 Å². The summed E-state index contributed by atoms with van der Waals surface area (Å²) in [6.45, 7) is 13.4. The second-order valence-corrected chi connectivity index (χ2v) is 12.0. The molecule has 0 heterocycles. The zero-order chi connectivity index (χ0) is 15.0. The molecule has 0 saturated heterocycles. The molecule has 0 radical (unpaired) electrons. The van der Waals surface area contributed by atoms with Crippen molar-refractivity contribution in [1.29, 1.82) is 0 Å². The Hall–Kier alpha value is -0.603. The number of ether oxygens (including phenoxy) is 1. The van der Waals surface area contributed by atoms with Crippen molar-refractivity contribution < 1.29 is 4.74 Å². The second kappa shape index (κ2) is 8.63. The van der Waals surface area contributed by atoms with Crippen LogP contribution in [0, 0.1) is 5.92 Å². The molecule has 0 aliphatic heterocycles. The first kappa shape index (κ1) is 17.4. The highest BCUT2D eigenvalue weighted by atomic mass is 28.3. The van der Waals surface area contributed by atoms with Gasteiger partial charge in [-0.25, -0.2) is 0 Å². The normalized spacial score (nSPS) is 13.4. The molecule has 1 aromatic rings. The number of unbranched alkanes of at least 4 members (excludes halogenated alkanes) is 1. The molecule has 0 N–H and O–H groups in total. The third-order valence-electron chi connectivity index (χ3n) is 3.99. The summed E-state index contributed by atoms with van der Waals surface area (Å²) in [7, 11) is -1.17. The molecule has 0 aliphatic carbocycles. The van der Waals surface area contributed by atoms with E-state index < -0.39 is 8.07 Å². The third-order valence-corrected chi connectivity index (χ3v) is 6.05. The zero-order valence-electron chi connectivity index (χ0n) is 14.0. The van der Waals surface area contributed by atoms with Gasteiger partial charge in [0.15, 0.2) is 0 Å². The van der Waals surface area contributed by atoms with Crippen LogP contribution in [0.5, 0.6) is 0 Å².